The maximum atomic E-state index is 14.6. The molecule has 0 fully saturated rings. The van der Waals surface area contributed by atoms with Gasteiger partial charge in [0.1, 0.15) is 5.82 Å². The summed E-state index contributed by atoms with van der Waals surface area (Å²) in [7, 11) is 0. The summed E-state index contributed by atoms with van der Waals surface area (Å²) in [4.78, 5) is 27.8. The standard InChI is InChI=1S/C21H22FNO2/c1-3-4-7-21-8-5-17(25)18(12(2)24)19(21)14-10-16(22)20-13(6-9-23-20)15(14)11-21/h6,9-10,23H,3-5,7-8,11H2,1-2H3. The summed E-state index contributed by atoms with van der Waals surface area (Å²) in [5, 5.41) is 0.878. The molecule has 1 N–H and O–H groups in total. The number of aromatic amines is 1. The highest BCUT2D eigenvalue weighted by Crippen LogP contribution is 2.57. The minimum atomic E-state index is -0.321. The van der Waals surface area contributed by atoms with Crippen LogP contribution in [0.3, 0.4) is 0 Å². The van der Waals surface area contributed by atoms with E-state index < -0.39 is 0 Å². The van der Waals surface area contributed by atoms with E-state index in [-0.39, 0.29) is 22.8 Å². The topological polar surface area (TPSA) is 49.9 Å². The van der Waals surface area contributed by atoms with E-state index in [4.69, 9.17) is 0 Å². The number of ketones is 2. The van der Waals surface area contributed by atoms with E-state index in [2.05, 4.69) is 11.9 Å². The number of hydrogen-bond acceptors (Lipinski definition) is 2. The van der Waals surface area contributed by atoms with Crippen molar-refractivity contribution >= 4 is 28.0 Å². The van der Waals surface area contributed by atoms with E-state index >= 15 is 0 Å². The number of hydrogen-bond donors (Lipinski definition) is 1. The van der Waals surface area contributed by atoms with E-state index in [0.717, 1.165) is 54.2 Å². The zero-order valence-corrected chi connectivity index (χ0v) is 14.7. The second kappa shape index (κ2) is 5.65. The molecule has 0 saturated carbocycles. The minimum Gasteiger partial charge on any atom is -0.359 e. The first-order valence-corrected chi connectivity index (χ1v) is 9.06. The number of benzene rings is 1. The molecule has 1 heterocycles. The van der Waals surface area contributed by atoms with Crippen molar-refractivity contribution in [3.63, 3.8) is 0 Å². The van der Waals surface area contributed by atoms with Gasteiger partial charge in [0.15, 0.2) is 11.6 Å². The Morgan fingerprint density at radius 2 is 2.20 bits per heavy atom. The number of rotatable bonds is 4. The van der Waals surface area contributed by atoms with Gasteiger partial charge in [-0.2, -0.15) is 0 Å². The Labute approximate surface area is 146 Å². The lowest BCUT2D eigenvalue weighted by molar-refractivity contribution is -0.121. The average molecular weight is 339 g/mol. The fourth-order valence-electron chi connectivity index (χ4n) is 4.83. The van der Waals surface area contributed by atoms with Crippen LogP contribution in [-0.4, -0.2) is 16.6 Å². The van der Waals surface area contributed by atoms with Crippen LogP contribution in [-0.2, 0) is 16.0 Å². The van der Waals surface area contributed by atoms with Crippen LogP contribution in [0.2, 0.25) is 0 Å². The molecule has 0 amide bonds. The first-order valence-electron chi connectivity index (χ1n) is 9.06. The number of unbranched alkanes of at least 4 members (excludes halogenated alkanes) is 1. The largest absolute Gasteiger partial charge is 0.359 e. The van der Waals surface area contributed by atoms with Gasteiger partial charge in [-0.15, -0.1) is 0 Å². The van der Waals surface area contributed by atoms with Crippen molar-refractivity contribution in [3.05, 3.63) is 40.8 Å². The normalized spacial score (nSPS) is 22.4. The third-order valence-electron chi connectivity index (χ3n) is 5.94. The zero-order valence-electron chi connectivity index (χ0n) is 14.7. The Kier molecular flexibility index (Phi) is 3.67. The molecular formula is C21H22FNO2. The maximum absolute atomic E-state index is 14.6. The molecule has 0 saturated heterocycles. The van der Waals surface area contributed by atoms with Crippen molar-refractivity contribution in [1.82, 2.24) is 4.98 Å². The number of Topliss-reactive ketones (excluding diaryl/α,β-unsaturated/α-hetero) is 2. The molecule has 2 aliphatic rings. The van der Waals surface area contributed by atoms with Crippen LogP contribution in [0.1, 0.15) is 57.1 Å². The fourth-order valence-corrected chi connectivity index (χ4v) is 4.83. The molecule has 0 bridgehead atoms. The third kappa shape index (κ3) is 2.23. The Balaban J connectivity index is 2.05. The van der Waals surface area contributed by atoms with Crippen LogP contribution in [0.15, 0.2) is 23.9 Å². The first kappa shape index (κ1) is 16.2. The number of fused-ring (bicyclic) bond motifs is 5. The molecular weight excluding hydrogens is 317 g/mol. The number of H-pyrrole nitrogens is 1. The summed E-state index contributed by atoms with van der Waals surface area (Å²) < 4.78 is 14.6. The zero-order chi connectivity index (χ0) is 17.8. The summed E-state index contributed by atoms with van der Waals surface area (Å²) >= 11 is 0. The Morgan fingerprint density at radius 1 is 1.40 bits per heavy atom. The second-order valence-electron chi connectivity index (χ2n) is 7.44. The van der Waals surface area contributed by atoms with Gasteiger partial charge in [-0.3, -0.25) is 9.59 Å². The lowest BCUT2D eigenvalue weighted by atomic mass is 9.66. The van der Waals surface area contributed by atoms with Crippen LogP contribution in [0, 0.1) is 11.2 Å². The SMILES string of the molecule is CCCCC12CCC(=O)C(C(C)=O)=C1c1cc(F)c3[nH]ccc3c1C2. The summed E-state index contributed by atoms with van der Waals surface area (Å²) in [6.07, 6.45) is 6.73. The third-order valence-corrected chi connectivity index (χ3v) is 5.94. The molecule has 2 aliphatic carbocycles. The van der Waals surface area contributed by atoms with Gasteiger partial charge < -0.3 is 4.98 Å². The Morgan fingerprint density at radius 3 is 2.92 bits per heavy atom. The highest BCUT2D eigenvalue weighted by atomic mass is 19.1. The van der Waals surface area contributed by atoms with E-state index in [1.54, 1.807) is 6.20 Å². The van der Waals surface area contributed by atoms with Crippen LogP contribution < -0.4 is 0 Å². The summed E-state index contributed by atoms with van der Waals surface area (Å²) in [6, 6.07) is 3.43. The molecule has 130 valence electrons. The summed E-state index contributed by atoms with van der Waals surface area (Å²) in [5.41, 5.74) is 3.30. The number of carbonyl (C=O) groups is 2. The predicted molar refractivity (Wildman–Crippen MR) is 95.8 cm³/mol. The molecule has 0 aliphatic heterocycles. The molecule has 1 atom stereocenters. The molecule has 1 aromatic heterocycles. The van der Waals surface area contributed by atoms with Crippen molar-refractivity contribution in [3.8, 4) is 0 Å². The smallest absolute Gasteiger partial charge is 0.166 e. The molecule has 25 heavy (non-hydrogen) atoms. The van der Waals surface area contributed by atoms with Crippen LogP contribution in [0.5, 0.6) is 0 Å². The summed E-state index contributed by atoms with van der Waals surface area (Å²) in [6.45, 7) is 3.60. The molecule has 0 spiro atoms. The quantitative estimate of drug-likeness (QED) is 0.818. The molecule has 4 heteroatoms. The molecule has 0 radical (unpaired) electrons. The summed E-state index contributed by atoms with van der Waals surface area (Å²) in [5.74, 6) is -0.599. The lowest BCUT2D eigenvalue weighted by Crippen LogP contribution is -2.30. The number of halogens is 1. The van der Waals surface area contributed by atoms with E-state index in [0.29, 0.717) is 17.5 Å². The van der Waals surface area contributed by atoms with Gasteiger partial charge in [0.05, 0.1) is 11.1 Å². The lowest BCUT2D eigenvalue weighted by Gasteiger charge is -2.36. The van der Waals surface area contributed by atoms with Crippen LogP contribution in [0.25, 0.3) is 16.5 Å². The Hall–Kier alpha value is -2.23. The minimum absolute atomic E-state index is 0.0861. The second-order valence-corrected chi connectivity index (χ2v) is 7.44. The van der Waals surface area contributed by atoms with Gasteiger partial charge in [-0.1, -0.05) is 19.8 Å². The van der Waals surface area contributed by atoms with Crippen molar-refractivity contribution in [2.45, 2.75) is 52.4 Å². The van der Waals surface area contributed by atoms with Crippen molar-refractivity contribution in [2.24, 2.45) is 5.41 Å². The monoisotopic (exact) mass is 339 g/mol. The van der Waals surface area contributed by atoms with Crippen molar-refractivity contribution in [1.29, 1.82) is 0 Å². The molecule has 3 nitrogen and oxygen atoms in total. The van der Waals surface area contributed by atoms with Gasteiger partial charge in [0.25, 0.3) is 0 Å². The average Bonchev–Trinajstić information content (AvgIpc) is 3.17. The van der Waals surface area contributed by atoms with Crippen molar-refractivity contribution < 1.29 is 14.0 Å². The van der Waals surface area contributed by atoms with Gasteiger partial charge in [-0.05, 0) is 55.0 Å². The molecule has 1 aromatic carbocycles. The van der Waals surface area contributed by atoms with Gasteiger partial charge >= 0.3 is 0 Å². The number of allylic oxidation sites excluding steroid dienone is 2. The van der Waals surface area contributed by atoms with Crippen molar-refractivity contribution in [2.75, 3.05) is 0 Å². The highest BCUT2D eigenvalue weighted by molar-refractivity contribution is 6.26. The number of aromatic nitrogens is 1. The van der Waals surface area contributed by atoms with Gasteiger partial charge in [0, 0.05) is 23.4 Å². The van der Waals surface area contributed by atoms with Gasteiger partial charge in [0.2, 0.25) is 0 Å². The molecule has 4 rings (SSSR count). The van der Waals surface area contributed by atoms with E-state index in [9.17, 15) is 14.0 Å². The number of carbonyl (C=O) groups excluding carboxylic acids is 2. The first-order chi connectivity index (χ1) is 12.0. The molecule has 1 unspecified atom stereocenters. The number of nitrogens with one attached hydrogen (secondary N) is 1. The maximum Gasteiger partial charge on any atom is 0.166 e. The molecule has 2 aromatic rings. The van der Waals surface area contributed by atoms with E-state index in [1.165, 1.54) is 13.0 Å². The fraction of sp³-hybridized carbons (Fsp3) is 0.429. The van der Waals surface area contributed by atoms with Crippen LogP contribution >= 0.6 is 0 Å². The van der Waals surface area contributed by atoms with Gasteiger partial charge in [-0.25, -0.2) is 4.39 Å². The van der Waals surface area contributed by atoms with E-state index in [1.807, 2.05) is 6.07 Å². The highest BCUT2D eigenvalue weighted by Gasteiger charge is 2.48. The Bertz CT molecular complexity index is 937. The predicted octanol–water partition coefficient (Wildman–Crippen LogP) is 4.75. The van der Waals surface area contributed by atoms with Crippen LogP contribution in [0.4, 0.5) is 4.39 Å².